The predicted octanol–water partition coefficient (Wildman–Crippen LogP) is 0.00480. The van der Waals surface area contributed by atoms with Crippen LogP contribution in [0.3, 0.4) is 0 Å². The van der Waals surface area contributed by atoms with Crippen molar-refractivity contribution < 1.29 is 17.4 Å². The van der Waals surface area contributed by atoms with Crippen LogP contribution in [0, 0.1) is 5.92 Å². The Bertz CT molecular complexity index is 316. The molecule has 0 saturated carbocycles. The molecule has 0 fully saturated rings. The van der Waals surface area contributed by atoms with E-state index in [9.17, 15) is 17.4 Å². The van der Waals surface area contributed by atoms with Gasteiger partial charge in [-0.1, -0.05) is 13.8 Å². The highest BCUT2D eigenvalue weighted by Gasteiger charge is 2.13. The summed E-state index contributed by atoms with van der Waals surface area (Å²) < 4.78 is 32.7. The summed E-state index contributed by atoms with van der Waals surface area (Å²) in [5.41, 5.74) is 0. The molecule has 0 amide bonds. The van der Waals surface area contributed by atoms with Gasteiger partial charge in [0.05, 0.1) is 11.5 Å². The van der Waals surface area contributed by atoms with Gasteiger partial charge in [-0.05, 0) is 0 Å². The fraction of sp³-hybridized carbons (Fsp3) is 0.875. The first-order chi connectivity index (χ1) is 6.22. The van der Waals surface area contributed by atoms with E-state index >= 15 is 0 Å². The monoisotopic (exact) mass is 240 g/mol. The Balaban J connectivity index is 3.95. The maximum atomic E-state index is 11.2. The van der Waals surface area contributed by atoms with Crippen molar-refractivity contribution in [3.05, 3.63) is 0 Å². The molecule has 0 bridgehead atoms. The molecule has 0 rings (SSSR count). The van der Waals surface area contributed by atoms with Gasteiger partial charge < -0.3 is 0 Å². The molecule has 84 valence electrons. The van der Waals surface area contributed by atoms with E-state index in [0.717, 1.165) is 6.26 Å². The molecule has 0 saturated heterocycles. The highest BCUT2D eigenvalue weighted by atomic mass is 32.2. The highest BCUT2D eigenvalue weighted by molar-refractivity contribution is 7.92. The Labute approximate surface area is 87.5 Å². The van der Waals surface area contributed by atoms with E-state index in [1.165, 1.54) is 0 Å². The summed E-state index contributed by atoms with van der Waals surface area (Å²) in [4.78, 5) is 11.1. The molecule has 14 heavy (non-hydrogen) atoms. The average Bonchev–Trinajstić information content (AvgIpc) is 1.99. The number of carbonyl (C=O) groups excluding carboxylic acids is 1. The molecule has 0 aromatic carbocycles. The Morgan fingerprint density at radius 2 is 1.86 bits per heavy atom. The molecule has 1 atom stereocenters. The van der Waals surface area contributed by atoms with Gasteiger partial charge in [0.2, 0.25) is 0 Å². The molecule has 0 N–H and O–H groups in total. The first kappa shape index (κ1) is 13.8. The molecule has 0 aromatic rings. The molecule has 0 spiro atoms. The second kappa shape index (κ2) is 5.60. The van der Waals surface area contributed by atoms with Crippen molar-refractivity contribution in [2.24, 2.45) is 5.92 Å². The Kier molecular flexibility index (Phi) is 5.51. The largest absolute Gasteiger partial charge is 0.298 e. The topological polar surface area (TPSA) is 68.3 Å². The summed E-state index contributed by atoms with van der Waals surface area (Å²) in [6, 6.07) is 0. The normalized spacial score (nSPS) is 14.3. The van der Waals surface area contributed by atoms with Gasteiger partial charge in [-0.25, -0.2) is 8.42 Å². The third-order valence-corrected chi connectivity index (χ3v) is 4.10. The van der Waals surface area contributed by atoms with Gasteiger partial charge in [0.1, 0.15) is 15.6 Å². The van der Waals surface area contributed by atoms with Crippen molar-refractivity contribution in [3.63, 3.8) is 0 Å². The van der Waals surface area contributed by atoms with Crippen LogP contribution in [0.5, 0.6) is 0 Å². The molecular formula is C8H16O4S2. The number of sulfone groups is 1. The summed E-state index contributed by atoms with van der Waals surface area (Å²) in [5, 5.41) is 0. The van der Waals surface area contributed by atoms with Gasteiger partial charge in [0.25, 0.3) is 0 Å². The van der Waals surface area contributed by atoms with Crippen molar-refractivity contribution in [2.45, 2.75) is 13.8 Å². The lowest BCUT2D eigenvalue weighted by Crippen LogP contribution is -2.21. The van der Waals surface area contributed by atoms with E-state index in [-0.39, 0.29) is 29.0 Å². The van der Waals surface area contributed by atoms with Gasteiger partial charge in [-0.3, -0.25) is 9.00 Å². The van der Waals surface area contributed by atoms with Crippen LogP contribution in [-0.4, -0.2) is 41.9 Å². The summed E-state index contributed by atoms with van der Waals surface area (Å²) in [5.74, 6) is -0.329. The summed E-state index contributed by atoms with van der Waals surface area (Å²) in [6.45, 7) is 3.46. The maximum Gasteiger partial charge on any atom is 0.148 e. The van der Waals surface area contributed by atoms with Crippen molar-refractivity contribution in [1.82, 2.24) is 0 Å². The van der Waals surface area contributed by atoms with Crippen LogP contribution in [0.4, 0.5) is 0 Å². The molecule has 0 heterocycles. The Morgan fingerprint density at radius 1 is 1.36 bits per heavy atom. The SMILES string of the molecule is CC(C)C(=O)CS(=O)CCS(C)(=O)=O. The van der Waals surface area contributed by atoms with E-state index in [0.29, 0.717) is 0 Å². The van der Waals surface area contributed by atoms with E-state index in [1.807, 2.05) is 0 Å². The summed E-state index contributed by atoms with van der Waals surface area (Å²) in [7, 11) is -4.43. The van der Waals surface area contributed by atoms with Gasteiger partial charge in [-0.15, -0.1) is 0 Å². The van der Waals surface area contributed by atoms with Crippen LogP contribution in [-0.2, 0) is 25.4 Å². The number of carbonyl (C=O) groups is 1. The Morgan fingerprint density at radius 3 is 2.21 bits per heavy atom. The lowest BCUT2D eigenvalue weighted by molar-refractivity contribution is -0.119. The minimum Gasteiger partial charge on any atom is -0.298 e. The van der Waals surface area contributed by atoms with Crippen LogP contribution in [0.25, 0.3) is 0 Å². The average molecular weight is 240 g/mol. The zero-order chi connectivity index (χ0) is 11.4. The molecule has 4 nitrogen and oxygen atoms in total. The van der Waals surface area contributed by atoms with Crippen molar-refractivity contribution in [1.29, 1.82) is 0 Å². The molecular weight excluding hydrogens is 224 g/mol. The summed E-state index contributed by atoms with van der Waals surface area (Å²) >= 11 is 0. The van der Waals surface area contributed by atoms with Crippen LogP contribution in [0.15, 0.2) is 0 Å². The second-order valence-electron chi connectivity index (χ2n) is 3.54. The first-order valence-corrected chi connectivity index (χ1v) is 7.82. The van der Waals surface area contributed by atoms with Crippen molar-refractivity contribution >= 4 is 26.4 Å². The smallest absolute Gasteiger partial charge is 0.148 e. The molecule has 0 radical (unpaired) electrons. The van der Waals surface area contributed by atoms with Crippen molar-refractivity contribution in [2.75, 3.05) is 23.5 Å². The fourth-order valence-corrected chi connectivity index (χ4v) is 3.39. The van der Waals surface area contributed by atoms with Crippen molar-refractivity contribution in [3.8, 4) is 0 Å². The lowest BCUT2D eigenvalue weighted by atomic mass is 10.1. The number of hydrogen-bond acceptors (Lipinski definition) is 4. The minimum absolute atomic E-state index is 0.0345. The van der Waals surface area contributed by atoms with E-state index in [1.54, 1.807) is 13.8 Å². The predicted molar refractivity (Wildman–Crippen MR) is 57.4 cm³/mol. The standard InChI is InChI=1S/C8H16O4S2/c1-7(2)8(9)6-13(10)4-5-14(3,11)12/h7H,4-6H2,1-3H3. The highest BCUT2D eigenvalue weighted by Crippen LogP contribution is 1.97. The number of hydrogen-bond donors (Lipinski definition) is 0. The van der Waals surface area contributed by atoms with Crippen LogP contribution < -0.4 is 0 Å². The third kappa shape index (κ3) is 7.20. The molecule has 0 aliphatic carbocycles. The maximum absolute atomic E-state index is 11.2. The molecule has 0 aliphatic rings. The first-order valence-electron chi connectivity index (χ1n) is 4.28. The quantitative estimate of drug-likeness (QED) is 0.655. The van der Waals surface area contributed by atoms with Gasteiger partial charge in [-0.2, -0.15) is 0 Å². The number of ketones is 1. The van der Waals surface area contributed by atoms with E-state index in [2.05, 4.69) is 0 Å². The zero-order valence-corrected chi connectivity index (χ0v) is 10.3. The lowest BCUT2D eigenvalue weighted by Gasteiger charge is -2.03. The number of Topliss-reactive ketones (excluding diaryl/α,β-unsaturated/α-hetero) is 1. The zero-order valence-electron chi connectivity index (χ0n) is 8.65. The molecule has 0 aliphatic heterocycles. The summed E-state index contributed by atoms with van der Waals surface area (Å²) in [6.07, 6.45) is 1.09. The van der Waals surface area contributed by atoms with Crippen LogP contribution >= 0.6 is 0 Å². The van der Waals surface area contributed by atoms with Gasteiger partial charge >= 0.3 is 0 Å². The van der Waals surface area contributed by atoms with Crippen LogP contribution in [0.1, 0.15) is 13.8 Å². The molecule has 1 unspecified atom stereocenters. The molecule has 0 aromatic heterocycles. The third-order valence-electron chi connectivity index (χ3n) is 1.63. The van der Waals surface area contributed by atoms with Gasteiger partial charge in [0, 0.05) is 28.7 Å². The second-order valence-corrected chi connectivity index (χ2v) is 7.38. The number of rotatable bonds is 6. The van der Waals surface area contributed by atoms with Crippen LogP contribution in [0.2, 0.25) is 0 Å². The fourth-order valence-electron chi connectivity index (χ4n) is 0.642. The van der Waals surface area contributed by atoms with Gasteiger partial charge in [0.15, 0.2) is 0 Å². The minimum atomic E-state index is -3.08. The van der Waals surface area contributed by atoms with E-state index < -0.39 is 20.6 Å². The van der Waals surface area contributed by atoms with E-state index in [4.69, 9.17) is 0 Å². The Hall–Kier alpha value is -0.230. The molecule has 6 heteroatoms.